The number of nitrogens with two attached hydrogens (primary N) is 1. The molecule has 1 unspecified atom stereocenters. The predicted octanol–water partition coefficient (Wildman–Crippen LogP) is 6.00. The van der Waals surface area contributed by atoms with E-state index in [-0.39, 0.29) is 30.1 Å². The summed E-state index contributed by atoms with van der Waals surface area (Å²) in [6.07, 6.45) is 0.897. The minimum Gasteiger partial charge on any atom is -0.351 e. The normalized spacial score (nSPS) is 19.6. The van der Waals surface area contributed by atoms with Crippen molar-refractivity contribution in [3.8, 4) is 0 Å². The Balaban J connectivity index is 1.86. The molecule has 8 heteroatoms. The van der Waals surface area contributed by atoms with E-state index in [4.69, 9.17) is 5.73 Å². The molecule has 210 valence electrons. The van der Waals surface area contributed by atoms with Crippen molar-refractivity contribution in [2.24, 2.45) is 11.1 Å². The number of amides is 4. The van der Waals surface area contributed by atoms with E-state index >= 15 is 0 Å². The molecule has 1 saturated heterocycles. The van der Waals surface area contributed by atoms with Crippen LogP contribution in [0.4, 0.5) is 14.9 Å². The zero-order valence-corrected chi connectivity index (χ0v) is 23.4. The quantitative estimate of drug-likeness (QED) is 0.398. The van der Waals surface area contributed by atoms with Gasteiger partial charge in [-0.3, -0.25) is 19.9 Å². The molecule has 0 saturated carbocycles. The number of hydrazine groups is 1. The Hall–Kier alpha value is -4.20. The third-order valence-electron chi connectivity index (χ3n) is 7.14. The topological polar surface area (TPSA) is 95.7 Å². The van der Waals surface area contributed by atoms with Gasteiger partial charge in [-0.15, -0.1) is 0 Å². The van der Waals surface area contributed by atoms with Gasteiger partial charge in [0.25, 0.3) is 5.91 Å². The summed E-state index contributed by atoms with van der Waals surface area (Å²) >= 11 is 0. The van der Waals surface area contributed by atoms with Crippen molar-refractivity contribution in [1.82, 2.24) is 10.4 Å². The van der Waals surface area contributed by atoms with Gasteiger partial charge in [-0.25, -0.2) is 14.2 Å². The number of benzene rings is 3. The van der Waals surface area contributed by atoms with E-state index in [0.717, 1.165) is 11.1 Å². The third kappa shape index (κ3) is 6.86. The lowest BCUT2D eigenvalue weighted by molar-refractivity contribution is -0.145. The second kappa shape index (κ2) is 11.9. The molecule has 1 heterocycles. The van der Waals surface area contributed by atoms with Gasteiger partial charge < -0.3 is 5.73 Å². The van der Waals surface area contributed by atoms with E-state index in [1.807, 2.05) is 64.1 Å². The third-order valence-corrected chi connectivity index (χ3v) is 7.14. The summed E-state index contributed by atoms with van der Waals surface area (Å²) in [4.78, 5) is 42.0. The number of halogens is 1. The van der Waals surface area contributed by atoms with Gasteiger partial charge in [0.2, 0.25) is 5.91 Å². The lowest BCUT2D eigenvalue weighted by atomic mass is 9.86. The molecule has 7 nitrogen and oxygen atoms in total. The highest BCUT2D eigenvalue weighted by Crippen LogP contribution is 2.40. The minimum atomic E-state index is -0.995. The molecule has 4 amide bonds. The number of urea groups is 1. The molecule has 3 aromatic carbocycles. The molecule has 3 atom stereocenters. The second-order valence-electron chi connectivity index (χ2n) is 11.7. The largest absolute Gasteiger partial charge is 0.351 e. The molecule has 1 aliphatic rings. The van der Waals surface area contributed by atoms with E-state index < -0.39 is 29.8 Å². The number of rotatable bonds is 6. The number of hydrogen-bond acceptors (Lipinski definition) is 3. The van der Waals surface area contributed by atoms with Crippen LogP contribution in [0, 0.1) is 18.2 Å². The molecular weight excluding hydrogens is 507 g/mol. The van der Waals surface area contributed by atoms with Crippen LogP contribution in [0.15, 0.2) is 78.9 Å². The maximum Gasteiger partial charge on any atom is 0.320 e. The van der Waals surface area contributed by atoms with Crippen LogP contribution in [-0.4, -0.2) is 28.9 Å². The molecular formula is C32H37FN4O3. The summed E-state index contributed by atoms with van der Waals surface area (Å²) in [6.45, 7) is 7.72. The lowest BCUT2D eigenvalue weighted by Gasteiger charge is -2.35. The van der Waals surface area contributed by atoms with Crippen LogP contribution in [0.2, 0.25) is 0 Å². The summed E-state index contributed by atoms with van der Waals surface area (Å²) in [5.41, 5.74) is 11.5. The summed E-state index contributed by atoms with van der Waals surface area (Å²) < 4.78 is 13.9. The summed E-state index contributed by atoms with van der Waals surface area (Å²) in [7, 11) is 0. The molecule has 4 rings (SSSR count). The molecule has 1 fully saturated rings. The highest BCUT2D eigenvalue weighted by atomic mass is 19.1. The van der Waals surface area contributed by atoms with Gasteiger partial charge in [0, 0.05) is 12.1 Å². The van der Waals surface area contributed by atoms with Crippen molar-refractivity contribution in [3.63, 3.8) is 0 Å². The molecule has 0 radical (unpaired) electrons. The number of anilines is 1. The number of nitrogens with zero attached hydrogens (tertiary/aromatic N) is 2. The SMILES string of the molecule is Cc1cccc(N(C(N)=O)[C@@H]2C[C@H](c3ccccc3)CC(c3ccc(F)cc3)N(NC(=O)CC(C)(C)C)C2=O)c1. The Bertz CT molecular complexity index is 1350. The van der Waals surface area contributed by atoms with Crippen molar-refractivity contribution in [1.29, 1.82) is 0 Å². The van der Waals surface area contributed by atoms with Crippen LogP contribution in [0.1, 0.15) is 68.7 Å². The van der Waals surface area contributed by atoms with E-state index in [0.29, 0.717) is 17.7 Å². The highest BCUT2D eigenvalue weighted by molar-refractivity contribution is 6.00. The first kappa shape index (κ1) is 28.8. The maximum absolute atomic E-state index is 14.5. The Morgan fingerprint density at radius 3 is 2.25 bits per heavy atom. The van der Waals surface area contributed by atoms with Crippen LogP contribution >= 0.6 is 0 Å². The summed E-state index contributed by atoms with van der Waals surface area (Å²) in [5, 5.41) is 1.33. The number of nitrogens with one attached hydrogen (secondary N) is 1. The van der Waals surface area contributed by atoms with E-state index in [2.05, 4.69) is 5.43 Å². The zero-order chi connectivity index (χ0) is 29.0. The lowest BCUT2D eigenvalue weighted by Crippen LogP contribution is -2.57. The van der Waals surface area contributed by atoms with Gasteiger partial charge in [0.1, 0.15) is 11.9 Å². The monoisotopic (exact) mass is 544 g/mol. The molecule has 40 heavy (non-hydrogen) atoms. The Morgan fingerprint density at radius 2 is 1.65 bits per heavy atom. The standard InChI is InChI=1S/C32H37FN4O3/c1-21-9-8-12-26(17-21)36(31(34)40)28-19-24(22-10-6-5-7-11-22)18-27(23-13-15-25(33)16-14-23)37(30(28)39)35-29(38)20-32(2,3)4/h5-17,24,27-28H,18-20H2,1-4H3,(H2,34,40)(H,35,38)/t24-,27?,28-/m1/s1. The van der Waals surface area contributed by atoms with Crippen LogP contribution in [-0.2, 0) is 9.59 Å². The van der Waals surface area contributed by atoms with Crippen molar-refractivity contribution in [2.45, 2.75) is 65.0 Å². The molecule has 1 aliphatic heterocycles. The van der Waals surface area contributed by atoms with Gasteiger partial charge in [0.15, 0.2) is 0 Å². The number of hydrogen-bond donors (Lipinski definition) is 2. The predicted molar refractivity (Wildman–Crippen MR) is 154 cm³/mol. The average molecular weight is 545 g/mol. The molecule has 0 aliphatic carbocycles. The van der Waals surface area contributed by atoms with Gasteiger partial charge in [-0.1, -0.05) is 75.4 Å². The summed E-state index contributed by atoms with van der Waals surface area (Å²) in [5.74, 6) is -1.37. The van der Waals surface area contributed by atoms with E-state index in [1.54, 1.807) is 30.3 Å². The fraction of sp³-hybridized carbons (Fsp3) is 0.344. The average Bonchev–Trinajstić information content (AvgIpc) is 3.01. The minimum absolute atomic E-state index is 0.178. The zero-order valence-electron chi connectivity index (χ0n) is 23.4. The van der Waals surface area contributed by atoms with Gasteiger partial charge in [-0.05, 0) is 72.1 Å². The molecule has 0 spiro atoms. The van der Waals surface area contributed by atoms with Crippen molar-refractivity contribution < 1.29 is 18.8 Å². The fourth-order valence-corrected chi connectivity index (χ4v) is 5.37. The Morgan fingerprint density at radius 1 is 0.975 bits per heavy atom. The number of primary amides is 1. The molecule has 3 aromatic rings. The fourth-order valence-electron chi connectivity index (χ4n) is 5.37. The van der Waals surface area contributed by atoms with E-state index in [9.17, 15) is 18.8 Å². The Kier molecular flexibility index (Phi) is 8.57. The van der Waals surface area contributed by atoms with Crippen molar-refractivity contribution in [2.75, 3.05) is 4.90 Å². The van der Waals surface area contributed by atoms with Gasteiger partial charge >= 0.3 is 6.03 Å². The molecule has 3 N–H and O–H groups in total. The summed E-state index contributed by atoms with van der Waals surface area (Å²) in [6, 6.07) is 20.6. The van der Waals surface area contributed by atoms with Crippen LogP contribution in [0.3, 0.4) is 0 Å². The Labute approximate surface area is 235 Å². The number of carbonyl (C=O) groups is 3. The van der Waals surface area contributed by atoms with Crippen LogP contribution < -0.4 is 16.1 Å². The first-order chi connectivity index (χ1) is 18.9. The van der Waals surface area contributed by atoms with Gasteiger partial charge in [-0.2, -0.15) is 0 Å². The smallest absolute Gasteiger partial charge is 0.320 e. The first-order valence-corrected chi connectivity index (χ1v) is 13.5. The van der Waals surface area contributed by atoms with E-state index in [1.165, 1.54) is 22.0 Å². The molecule has 0 bridgehead atoms. The highest BCUT2D eigenvalue weighted by Gasteiger charge is 2.43. The van der Waals surface area contributed by atoms with Crippen molar-refractivity contribution in [3.05, 3.63) is 101 Å². The maximum atomic E-state index is 14.5. The second-order valence-corrected chi connectivity index (χ2v) is 11.7. The van der Waals surface area contributed by atoms with Crippen molar-refractivity contribution >= 4 is 23.5 Å². The first-order valence-electron chi connectivity index (χ1n) is 13.5. The molecule has 0 aromatic heterocycles. The van der Waals surface area contributed by atoms with Crippen LogP contribution in [0.5, 0.6) is 0 Å². The number of carbonyl (C=O) groups excluding carboxylic acids is 3. The van der Waals surface area contributed by atoms with Crippen LogP contribution in [0.25, 0.3) is 0 Å². The van der Waals surface area contributed by atoms with Gasteiger partial charge in [0.05, 0.1) is 6.04 Å². The number of aryl methyl sites for hydroxylation is 1.